The summed E-state index contributed by atoms with van der Waals surface area (Å²) in [5.41, 5.74) is 1.72. The molecule has 0 radical (unpaired) electrons. The predicted octanol–water partition coefficient (Wildman–Crippen LogP) is 2.91. The average molecular weight is 382 g/mol. The number of hydrogen-bond acceptors (Lipinski definition) is 4. The van der Waals surface area contributed by atoms with Crippen molar-refractivity contribution in [2.24, 2.45) is 13.0 Å². The number of ether oxygens (including phenoxy) is 1. The number of anilines is 2. The summed E-state index contributed by atoms with van der Waals surface area (Å²) in [5.74, 6) is 1.48. The van der Waals surface area contributed by atoms with Crippen LogP contribution >= 0.6 is 0 Å². The number of carbonyl (C=O) groups is 2. The summed E-state index contributed by atoms with van der Waals surface area (Å²) in [5, 5.41) is 7.14. The Balaban J connectivity index is 1.63. The second-order valence-electron chi connectivity index (χ2n) is 7.70. The standard InChI is InChI=1S/C21H26N4O3/c1-24-10-9-19(23-24)22-21(27)18(11-14-5-3-4-6-14)25-17-8-7-16(28-2)12-15(17)13-20(25)26/h7-10,12,14,18H,3-6,11,13H2,1-2H3,(H,22,23,27). The van der Waals surface area contributed by atoms with Crippen LogP contribution in [0.5, 0.6) is 5.75 Å². The fraction of sp³-hybridized carbons (Fsp3) is 0.476. The van der Waals surface area contributed by atoms with Gasteiger partial charge in [0.15, 0.2) is 5.82 Å². The third kappa shape index (κ3) is 3.61. The zero-order valence-electron chi connectivity index (χ0n) is 16.4. The van der Waals surface area contributed by atoms with E-state index >= 15 is 0 Å². The van der Waals surface area contributed by atoms with E-state index in [1.54, 1.807) is 36.0 Å². The smallest absolute Gasteiger partial charge is 0.248 e. The van der Waals surface area contributed by atoms with E-state index in [0.717, 1.165) is 29.8 Å². The predicted molar refractivity (Wildman–Crippen MR) is 106 cm³/mol. The van der Waals surface area contributed by atoms with Crippen molar-refractivity contribution in [1.29, 1.82) is 0 Å². The fourth-order valence-corrected chi connectivity index (χ4v) is 4.37. The van der Waals surface area contributed by atoms with E-state index in [0.29, 0.717) is 24.6 Å². The average Bonchev–Trinajstić information content (AvgIpc) is 3.39. The molecule has 2 aromatic rings. The lowest BCUT2D eigenvalue weighted by Crippen LogP contribution is -2.47. The molecule has 0 bridgehead atoms. The molecule has 4 rings (SSSR count). The van der Waals surface area contributed by atoms with Crippen molar-refractivity contribution in [1.82, 2.24) is 9.78 Å². The molecule has 28 heavy (non-hydrogen) atoms. The minimum absolute atomic E-state index is 0.0394. The van der Waals surface area contributed by atoms with Gasteiger partial charge in [-0.3, -0.25) is 19.2 Å². The summed E-state index contributed by atoms with van der Waals surface area (Å²) in [7, 11) is 3.42. The van der Waals surface area contributed by atoms with Gasteiger partial charge >= 0.3 is 0 Å². The first-order valence-corrected chi connectivity index (χ1v) is 9.84. The van der Waals surface area contributed by atoms with E-state index in [1.165, 1.54) is 12.8 Å². The van der Waals surface area contributed by atoms with Gasteiger partial charge in [-0.15, -0.1) is 0 Å². The normalized spacial score (nSPS) is 17.6. The molecular formula is C21H26N4O3. The van der Waals surface area contributed by atoms with Crippen LogP contribution in [0.25, 0.3) is 0 Å². The van der Waals surface area contributed by atoms with Gasteiger partial charge in [0.05, 0.1) is 13.5 Å². The van der Waals surface area contributed by atoms with Crippen molar-refractivity contribution in [3.63, 3.8) is 0 Å². The molecule has 1 aromatic heterocycles. The van der Waals surface area contributed by atoms with Gasteiger partial charge in [-0.05, 0) is 36.1 Å². The molecule has 2 aliphatic rings. The molecule has 0 spiro atoms. The van der Waals surface area contributed by atoms with Gasteiger partial charge < -0.3 is 10.1 Å². The molecule has 7 nitrogen and oxygen atoms in total. The summed E-state index contributed by atoms with van der Waals surface area (Å²) in [6, 6.07) is 6.83. The van der Waals surface area contributed by atoms with Crippen molar-refractivity contribution in [3.05, 3.63) is 36.0 Å². The summed E-state index contributed by atoms with van der Waals surface area (Å²) in [4.78, 5) is 27.8. The Morgan fingerprint density at radius 1 is 1.32 bits per heavy atom. The van der Waals surface area contributed by atoms with Gasteiger partial charge in [0, 0.05) is 25.0 Å². The van der Waals surface area contributed by atoms with Crippen molar-refractivity contribution in [2.45, 2.75) is 44.6 Å². The van der Waals surface area contributed by atoms with E-state index in [9.17, 15) is 9.59 Å². The monoisotopic (exact) mass is 382 g/mol. The lowest BCUT2D eigenvalue weighted by molar-refractivity contribution is -0.123. The number of benzene rings is 1. The van der Waals surface area contributed by atoms with E-state index in [-0.39, 0.29) is 11.8 Å². The largest absolute Gasteiger partial charge is 0.497 e. The lowest BCUT2D eigenvalue weighted by Gasteiger charge is -2.29. The molecule has 1 saturated carbocycles. The summed E-state index contributed by atoms with van der Waals surface area (Å²) >= 11 is 0. The van der Waals surface area contributed by atoms with Crippen LogP contribution in [-0.2, 0) is 23.1 Å². The van der Waals surface area contributed by atoms with Gasteiger partial charge in [-0.25, -0.2) is 0 Å². The number of nitrogens with zero attached hydrogens (tertiary/aromatic N) is 3. The van der Waals surface area contributed by atoms with Gasteiger partial charge in [-0.2, -0.15) is 5.10 Å². The highest BCUT2D eigenvalue weighted by molar-refractivity contribution is 6.09. The third-order valence-corrected chi connectivity index (χ3v) is 5.77. The third-order valence-electron chi connectivity index (χ3n) is 5.77. The van der Waals surface area contributed by atoms with Crippen molar-refractivity contribution < 1.29 is 14.3 Å². The number of methoxy groups -OCH3 is 1. The van der Waals surface area contributed by atoms with Crippen LogP contribution < -0.4 is 15.0 Å². The van der Waals surface area contributed by atoms with Crippen molar-refractivity contribution >= 4 is 23.3 Å². The highest BCUT2D eigenvalue weighted by Crippen LogP contribution is 2.37. The van der Waals surface area contributed by atoms with Crippen LogP contribution in [0.1, 0.15) is 37.7 Å². The highest BCUT2D eigenvalue weighted by Gasteiger charge is 2.38. The van der Waals surface area contributed by atoms with Crippen LogP contribution in [0.2, 0.25) is 0 Å². The minimum Gasteiger partial charge on any atom is -0.497 e. The highest BCUT2D eigenvalue weighted by atomic mass is 16.5. The number of aromatic nitrogens is 2. The SMILES string of the molecule is COc1ccc2c(c1)CC(=O)N2C(CC1CCCC1)C(=O)Nc1ccn(C)n1. The molecule has 1 aliphatic heterocycles. The molecule has 1 atom stereocenters. The van der Waals surface area contributed by atoms with E-state index in [4.69, 9.17) is 4.74 Å². The lowest BCUT2D eigenvalue weighted by atomic mass is 9.96. The zero-order chi connectivity index (χ0) is 19.7. The Kier molecular flexibility index (Phi) is 5.07. The summed E-state index contributed by atoms with van der Waals surface area (Å²) in [6.07, 6.45) is 7.38. The van der Waals surface area contributed by atoms with Crippen molar-refractivity contribution in [2.75, 3.05) is 17.3 Å². The van der Waals surface area contributed by atoms with Gasteiger partial charge in [0.2, 0.25) is 11.8 Å². The number of carbonyl (C=O) groups excluding carboxylic acids is 2. The van der Waals surface area contributed by atoms with Gasteiger partial charge in [-0.1, -0.05) is 25.7 Å². The van der Waals surface area contributed by atoms with Gasteiger partial charge in [0.25, 0.3) is 0 Å². The maximum Gasteiger partial charge on any atom is 0.248 e. The van der Waals surface area contributed by atoms with Gasteiger partial charge in [0.1, 0.15) is 11.8 Å². The molecule has 1 fully saturated rings. The van der Waals surface area contributed by atoms with E-state index in [1.807, 2.05) is 18.2 Å². The van der Waals surface area contributed by atoms with Crippen LogP contribution in [0.15, 0.2) is 30.5 Å². The molecule has 1 aliphatic carbocycles. The maximum absolute atomic E-state index is 13.2. The minimum atomic E-state index is -0.535. The maximum atomic E-state index is 13.2. The summed E-state index contributed by atoms with van der Waals surface area (Å²) in [6.45, 7) is 0. The number of fused-ring (bicyclic) bond motifs is 1. The number of amides is 2. The molecule has 0 saturated heterocycles. The van der Waals surface area contributed by atoms with Crippen LogP contribution in [0.3, 0.4) is 0 Å². The molecule has 1 N–H and O–H groups in total. The summed E-state index contributed by atoms with van der Waals surface area (Å²) < 4.78 is 6.93. The molecule has 148 valence electrons. The number of rotatable bonds is 6. The molecule has 1 aromatic carbocycles. The quantitative estimate of drug-likeness (QED) is 0.833. The van der Waals surface area contributed by atoms with Crippen LogP contribution in [0, 0.1) is 5.92 Å². The number of hydrogen-bond donors (Lipinski definition) is 1. The van der Waals surface area contributed by atoms with E-state index in [2.05, 4.69) is 10.4 Å². The molecular weight excluding hydrogens is 356 g/mol. The fourth-order valence-electron chi connectivity index (χ4n) is 4.37. The first kappa shape index (κ1) is 18.5. The van der Waals surface area contributed by atoms with Crippen LogP contribution in [0.4, 0.5) is 11.5 Å². The second-order valence-corrected chi connectivity index (χ2v) is 7.70. The molecule has 2 amide bonds. The Bertz CT molecular complexity index is 886. The van der Waals surface area contributed by atoms with Crippen LogP contribution in [-0.4, -0.2) is 34.7 Å². The molecule has 1 unspecified atom stereocenters. The number of nitrogens with one attached hydrogen (secondary N) is 1. The Hall–Kier alpha value is -2.83. The first-order chi connectivity index (χ1) is 13.5. The Labute approximate surface area is 164 Å². The Morgan fingerprint density at radius 3 is 2.79 bits per heavy atom. The number of aryl methyl sites for hydroxylation is 1. The molecule has 2 heterocycles. The second kappa shape index (κ2) is 7.66. The zero-order valence-corrected chi connectivity index (χ0v) is 16.4. The van der Waals surface area contributed by atoms with E-state index < -0.39 is 6.04 Å². The topological polar surface area (TPSA) is 76.5 Å². The Morgan fingerprint density at radius 2 is 2.11 bits per heavy atom. The van der Waals surface area contributed by atoms with Crippen molar-refractivity contribution in [3.8, 4) is 5.75 Å². The first-order valence-electron chi connectivity index (χ1n) is 9.84. The molecule has 7 heteroatoms.